The van der Waals surface area contributed by atoms with Gasteiger partial charge in [-0.15, -0.1) is 0 Å². The summed E-state index contributed by atoms with van der Waals surface area (Å²) in [5.74, 6) is -2.97. The smallest absolute Gasteiger partial charge is 0.324 e. The Bertz CT molecular complexity index is 1390. The zero-order valence-corrected chi connectivity index (χ0v) is 21.3. The van der Waals surface area contributed by atoms with Crippen molar-refractivity contribution < 1.29 is 37.1 Å². The molecule has 40 heavy (non-hydrogen) atoms. The minimum Gasteiger partial charge on any atom is -0.324 e. The van der Waals surface area contributed by atoms with E-state index in [1.807, 2.05) is 9.80 Å². The van der Waals surface area contributed by atoms with Gasteiger partial charge < -0.3 is 5.32 Å². The number of benzene rings is 2. The van der Waals surface area contributed by atoms with E-state index in [-0.39, 0.29) is 36.2 Å². The van der Waals surface area contributed by atoms with Crippen LogP contribution in [-0.4, -0.2) is 83.0 Å². The second kappa shape index (κ2) is 10.8. The number of halogens is 3. The summed E-state index contributed by atoms with van der Waals surface area (Å²) in [6.45, 7) is 2.51. The van der Waals surface area contributed by atoms with Gasteiger partial charge in [-0.05, 0) is 30.2 Å². The number of fused-ring (bicyclic) bond motifs is 1. The van der Waals surface area contributed by atoms with Gasteiger partial charge in [0.05, 0.1) is 28.9 Å². The Morgan fingerprint density at radius 2 is 1.65 bits per heavy atom. The van der Waals surface area contributed by atoms with Crippen LogP contribution in [0.25, 0.3) is 0 Å². The summed E-state index contributed by atoms with van der Waals surface area (Å²) in [6.07, 6.45) is -4.37. The van der Waals surface area contributed by atoms with Crippen LogP contribution in [0.1, 0.15) is 44.7 Å². The largest absolute Gasteiger partial charge is 0.416 e. The molecule has 1 atom stereocenters. The molecule has 5 rings (SSSR count). The predicted molar refractivity (Wildman–Crippen MR) is 135 cm³/mol. The van der Waals surface area contributed by atoms with Crippen molar-refractivity contribution in [2.24, 2.45) is 0 Å². The summed E-state index contributed by atoms with van der Waals surface area (Å²) in [5, 5.41) is 4.84. The minimum atomic E-state index is -4.40. The van der Waals surface area contributed by atoms with E-state index in [0.717, 1.165) is 17.0 Å². The number of piperidine rings is 1. The van der Waals surface area contributed by atoms with Crippen molar-refractivity contribution in [3.63, 3.8) is 0 Å². The first kappa shape index (κ1) is 27.5. The normalized spacial score (nSPS) is 20.5. The fourth-order valence-corrected chi connectivity index (χ4v) is 5.22. The number of carbonyl (C=O) groups is 5. The van der Waals surface area contributed by atoms with Crippen LogP contribution in [0.5, 0.6) is 0 Å². The fraction of sp³-hybridized carbons (Fsp3) is 0.370. The molecule has 2 aromatic rings. The van der Waals surface area contributed by atoms with Gasteiger partial charge in [0.15, 0.2) is 0 Å². The first-order valence-corrected chi connectivity index (χ1v) is 12.8. The molecule has 3 heterocycles. The number of piperazine rings is 1. The molecule has 2 N–H and O–H groups in total. The highest BCUT2D eigenvalue weighted by atomic mass is 19.4. The lowest BCUT2D eigenvalue weighted by Gasteiger charge is -2.34. The van der Waals surface area contributed by atoms with Gasteiger partial charge >= 0.3 is 6.18 Å². The molecule has 2 saturated heterocycles. The Morgan fingerprint density at radius 3 is 2.35 bits per heavy atom. The zero-order valence-electron chi connectivity index (χ0n) is 21.3. The van der Waals surface area contributed by atoms with Crippen LogP contribution in [0.4, 0.5) is 18.9 Å². The summed E-state index contributed by atoms with van der Waals surface area (Å²) >= 11 is 0. The van der Waals surface area contributed by atoms with Gasteiger partial charge in [-0.1, -0.05) is 24.3 Å². The second-order valence-electron chi connectivity index (χ2n) is 9.97. The molecule has 0 radical (unpaired) electrons. The number of hydrogen-bond acceptors (Lipinski definition) is 7. The molecule has 2 aromatic carbocycles. The lowest BCUT2D eigenvalue weighted by Crippen LogP contribution is -2.54. The number of hydrogen-bond donors (Lipinski definition) is 2. The van der Waals surface area contributed by atoms with E-state index < -0.39 is 47.3 Å². The number of nitrogens with one attached hydrogen (secondary N) is 2. The molecule has 3 aliphatic heterocycles. The van der Waals surface area contributed by atoms with E-state index in [2.05, 4.69) is 10.6 Å². The third kappa shape index (κ3) is 5.61. The highest BCUT2D eigenvalue weighted by molar-refractivity contribution is 6.26. The molecular formula is C27H26F3N5O5. The molecule has 0 saturated carbocycles. The lowest BCUT2D eigenvalue weighted by molar-refractivity contribution is -0.138. The third-order valence-corrected chi connectivity index (χ3v) is 7.23. The van der Waals surface area contributed by atoms with Gasteiger partial charge in [0.1, 0.15) is 6.04 Å². The molecule has 1 unspecified atom stereocenters. The van der Waals surface area contributed by atoms with Gasteiger partial charge in [-0.3, -0.25) is 44.0 Å². The van der Waals surface area contributed by atoms with Crippen LogP contribution in [0, 0.1) is 0 Å². The van der Waals surface area contributed by atoms with Crippen molar-refractivity contribution in [1.82, 2.24) is 20.0 Å². The summed E-state index contributed by atoms with van der Waals surface area (Å²) in [7, 11) is 0. The van der Waals surface area contributed by atoms with Crippen molar-refractivity contribution in [3.8, 4) is 0 Å². The predicted octanol–water partition coefficient (Wildman–Crippen LogP) is 1.86. The van der Waals surface area contributed by atoms with Gasteiger partial charge in [-0.25, -0.2) is 0 Å². The van der Waals surface area contributed by atoms with Crippen LogP contribution < -0.4 is 10.6 Å². The average molecular weight is 558 g/mol. The van der Waals surface area contributed by atoms with Gasteiger partial charge in [0, 0.05) is 39.1 Å². The summed E-state index contributed by atoms with van der Waals surface area (Å²) < 4.78 is 39.0. The number of anilines is 1. The van der Waals surface area contributed by atoms with Crippen LogP contribution in [0.2, 0.25) is 0 Å². The van der Waals surface area contributed by atoms with E-state index in [1.165, 1.54) is 24.3 Å². The Hall–Kier alpha value is -4.10. The Labute approximate surface area is 227 Å². The van der Waals surface area contributed by atoms with E-state index in [0.29, 0.717) is 38.3 Å². The molecule has 3 aliphatic rings. The molecule has 10 nitrogen and oxygen atoms in total. The Kier molecular flexibility index (Phi) is 7.43. The highest BCUT2D eigenvalue weighted by Gasteiger charge is 2.45. The Morgan fingerprint density at radius 1 is 0.950 bits per heavy atom. The van der Waals surface area contributed by atoms with E-state index in [9.17, 15) is 37.1 Å². The summed E-state index contributed by atoms with van der Waals surface area (Å²) in [6, 6.07) is 8.59. The molecule has 210 valence electrons. The average Bonchev–Trinajstić information content (AvgIpc) is 3.15. The van der Waals surface area contributed by atoms with Crippen molar-refractivity contribution in [2.75, 3.05) is 38.0 Å². The number of imide groups is 2. The number of rotatable bonds is 6. The summed E-state index contributed by atoms with van der Waals surface area (Å²) in [5.41, 5.74) is 0.0867. The van der Waals surface area contributed by atoms with Crippen molar-refractivity contribution in [2.45, 2.75) is 31.6 Å². The molecule has 0 spiro atoms. The highest BCUT2D eigenvalue weighted by Crippen LogP contribution is 2.33. The maximum Gasteiger partial charge on any atom is 0.416 e. The molecular weight excluding hydrogens is 531 g/mol. The number of carbonyl (C=O) groups excluding carboxylic acids is 5. The SMILES string of the molecule is O=C1CCC(N2C(=O)c3cccc(NC(=O)CN4CCN(Cc5cccc(C(F)(F)F)c5)CC4)c3C2=O)C(=O)N1. The molecule has 0 aromatic heterocycles. The van der Waals surface area contributed by atoms with Gasteiger partial charge in [0.25, 0.3) is 11.8 Å². The number of nitrogens with zero attached hydrogens (tertiary/aromatic N) is 3. The summed E-state index contributed by atoms with van der Waals surface area (Å²) in [4.78, 5) is 67.6. The molecule has 0 aliphatic carbocycles. The maximum atomic E-state index is 13.2. The van der Waals surface area contributed by atoms with Crippen molar-refractivity contribution >= 4 is 35.2 Å². The van der Waals surface area contributed by atoms with Crippen LogP contribution in [0.15, 0.2) is 42.5 Å². The lowest BCUT2D eigenvalue weighted by atomic mass is 10.0. The van der Waals surface area contributed by atoms with Crippen molar-refractivity contribution in [3.05, 3.63) is 64.7 Å². The van der Waals surface area contributed by atoms with E-state index in [4.69, 9.17) is 0 Å². The van der Waals surface area contributed by atoms with Crippen molar-refractivity contribution in [1.29, 1.82) is 0 Å². The van der Waals surface area contributed by atoms with Crippen LogP contribution >= 0.6 is 0 Å². The van der Waals surface area contributed by atoms with Gasteiger partial charge in [0.2, 0.25) is 17.7 Å². The standard InChI is InChI=1S/C27H26F3N5O5/c28-27(29,30)17-4-1-3-16(13-17)14-33-9-11-34(12-10-33)15-22(37)31-19-6-2-5-18-23(19)26(40)35(25(18)39)20-7-8-21(36)32-24(20)38/h1-6,13,20H,7-12,14-15H2,(H,31,37)(H,32,36,38). The van der Waals surface area contributed by atoms with Gasteiger partial charge in [-0.2, -0.15) is 13.2 Å². The maximum absolute atomic E-state index is 13.2. The van der Waals surface area contributed by atoms with Crippen LogP contribution in [0.3, 0.4) is 0 Å². The van der Waals surface area contributed by atoms with E-state index in [1.54, 1.807) is 6.07 Å². The molecule has 0 bridgehead atoms. The first-order chi connectivity index (χ1) is 19.0. The molecule has 13 heteroatoms. The fourth-order valence-electron chi connectivity index (χ4n) is 5.22. The first-order valence-electron chi connectivity index (χ1n) is 12.8. The van der Waals surface area contributed by atoms with E-state index >= 15 is 0 Å². The number of amides is 5. The monoisotopic (exact) mass is 557 g/mol. The quantitative estimate of drug-likeness (QED) is 0.521. The third-order valence-electron chi connectivity index (χ3n) is 7.23. The molecule has 5 amide bonds. The Balaban J connectivity index is 1.18. The van der Waals surface area contributed by atoms with Crippen LogP contribution in [-0.2, 0) is 27.1 Å². The topological polar surface area (TPSA) is 119 Å². The molecule has 2 fully saturated rings. The number of alkyl halides is 3. The second-order valence-corrected chi connectivity index (χ2v) is 9.97. The minimum absolute atomic E-state index is 0.000607. The zero-order chi connectivity index (χ0) is 28.6.